The molecule has 4 aromatic rings. The Labute approximate surface area is 188 Å². The first-order chi connectivity index (χ1) is 15.7. The fourth-order valence-corrected chi connectivity index (χ4v) is 4.21. The quantitative estimate of drug-likeness (QED) is 0.416. The molecule has 0 bridgehead atoms. The minimum absolute atomic E-state index is 0.145. The number of nitrogens with zero attached hydrogens (tertiary/aromatic N) is 4. The largest absolute Gasteiger partial charge is 0.417 e. The molecule has 1 aliphatic heterocycles. The number of amides is 1. The second kappa shape index (κ2) is 7.65. The van der Waals surface area contributed by atoms with Crippen LogP contribution in [0.2, 0.25) is 0 Å². The Balaban J connectivity index is 1.55. The molecule has 2 aromatic carbocycles. The highest BCUT2D eigenvalue weighted by molar-refractivity contribution is 5.96. The minimum Gasteiger partial charge on any atom is -0.328 e. The lowest BCUT2D eigenvalue weighted by Gasteiger charge is -2.20. The van der Waals surface area contributed by atoms with Crippen LogP contribution in [0, 0.1) is 13.8 Å². The van der Waals surface area contributed by atoms with Crippen molar-refractivity contribution in [3.05, 3.63) is 101 Å². The number of rotatable bonds is 3. The Morgan fingerprint density at radius 1 is 0.939 bits per heavy atom. The van der Waals surface area contributed by atoms with Gasteiger partial charge in [0.1, 0.15) is 5.82 Å². The topological polar surface area (TPSA) is 43.1 Å². The van der Waals surface area contributed by atoms with Crippen molar-refractivity contribution in [2.45, 2.75) is 33.1 Å². The molecule has 1 aliphatic rings. The molecule has 0 unspecified atom stereocenters. The van der Waals surface area contributed by atoms with Crippen LogP contribution in [-0.2, 0) is 19.3 Å². The summed E-state index contributed by atoms with van der Waals surface area (Å²) in [5.74, 6) is 0.120. The fraction of sp³-hybridized carbons (Fsp3) is 0.200. The van der Waals surface area contributed by atoms with Crippen molar-refractivity contribution in [3.63, 3.8) is 0 Å². The van der Waals surface area contributed by atoms with Gasteiger partial charge in [-0.05, 0) is 61.4 Å². The van der Waals surface area contributed by atoms with Gasteiger partial charge < -0.3 is 9.47 Å². The van der Waals surface area contributed by atoms with Crippen LogP contribution in [0.15, 0.2) is 67.0 Å². The molecule has 5 nitrogen and oxygen atoms in total. The van der Waals surface area contributed by atoms with Crippen LogP contribution >= 0.6 is 0 Å². The van der Waals surface area contributed by atoms with Gasteiger partial charge in [0.05, 0.1) is 35.6 Å². The summed E-state index contributed by atoms with van der Waals surface area (Å²) in [6, 6.07) is 14.7. The van der Waals surface area contributed by atoms with E-state index in [1.165, 1.54) is 28.7 Å². The highest BCUT2D eigenvalue weighted by Crippen LogP contribution is 2.35. The van der Waals surface area contributed by atoms with Gasteiger partial charge in [-0.15, -0.1) is 0 Å². The molecule has 0 fully saturated rings. The summed E-state index contributed by atoms with van der Waals surface area (Å²) in [7, 11) is 0. The average molecular weight is 450 g/mol. The number of hydrogen-bond acceptors (Lipinski definition) is 2. The van der Waals surface area contributed by atoms with Crippen molar-refractivity contribution in [2.75, 3.05) is 0 Å². The van der Waals surface area contributed by atoms with Gasteiger partial charge >= 0.3 is 6.18 Å². The summed E-state index contributed by atoms with van der Waals surface area (Å²) in [5.41, 5.74) is 3.40. The van der Waals surface area contributed by atoms with Crippen LogP contribution in [0.1, 0.15) is 38.3 Å². The zero-order chi connectivity index (χ0) is 23.3. The van der Waals surface area contributed by atoms with Crippen LogP contribution in [-0.4, -0.2) is 25.2 Å². The smallest absolute Gasteiger partial charge is 0.328 e. The second-order valence-electron chi connectivity index (χ2n) is 8.22. The zero-order valence-electron chi connectivity index (χ0n) is 18.1. The van der Waals surface area contributed by atoms with Gasteiger partial charge in [0.15, 0.2) is 0 Å². The van der Waals surface area contributed by atoms with E-state index in [0.717, 1.165) is 28.7 Å². The van der Waals surface area contributed by atoms with Gasteiger partial charge in [-0.2, -0.15) is 18.3 Å². The van der Waals surface area contributed by atoms with Crippen LogP contribution in [0.5, 0.6) is 0 Å². The van der Waals surface area contributed by atoms with Crippen molar-refractivity contribution in [3.8, 4) is 11.5 Å². The molecule has 0 atom stereocenters. The maximum atomic E-state index is 13.5. The molecule has 0 aliphatic carbocycles. The van der Waals surface area contributed by atoms with Crippen LogP contribution in [0.4, 0.5) is 13.2 Å². The number of carbonyl (C=O) groups is 1. The van der Waals surface area contributed by atoms with Crippen molar-refractivity contribution in [1.29, 1.82) is 0 Å². The molecule has 0 N–H and O–H groups in total. The van der Waals surface area contributed by atoms with Gasteiger partial charge in [-0.25, -0.2) is 4.68 Å². The summed E-state index contributed by atoms with van der Waals surface area (Å²) in [4.78, 5) is 14.5. The van der Waals surface area contributed by atoms with Crippen molar-refractivity contribution >= 4 is 5.91 Å². The van der Waals surface area contributed by atoms with E-state index in [1.54, 1.807) is 0 Å². The summed E-state index contributed by atoms with van der Waals surface area (Å²) in [6.07, 6.45) is -0.828. The standard InChI is InChI=1S/C25H21F3N4O/c1-16-9-10-18(13-17(16)2)32-23(30-11-5-6-12-30)20-14-31(15-22(20)29-32)24(33)19-7-3-4-8-21(19)25(26,27)28/h3-13H,14-15H2,1-2H3. The molecule has 0 saturated heterocycles. The normalized spacial score (nSPS) is 13.4. The summed E-state index contributed by atoms with van der Waals surface area (Å²) < 4.78 is 44.1. The third kappa shape index (κ3) is 3.61. The fourth-order valence-electron chi connectivity index (χ4n) is 4.21. The first-order valence-corrected chi connectivity index (χ1v) is 10.5. The lowest BCUT2D eigenvalue weighted by Crippen LogP contribution is -2.28. The monoisotopic (exact) mass is 450 g/mol. The van der Waals surface area contributed by atoms with E-state index in [-0.39, 0.29) is 18.7 Å². The molecule has 0 saturated carbocycles. The second-order valence-corrected chi connectivity index (χ2v) is 8.22. The first-order valence-electron chi connectivity index (χ1n) is 10.5. The molecule has 0 spiro atoms. The van der Waals surface area contributed by atoms with E-state index in [1.807, 2.05) is 65.8 Å². The molecule has 3 heterocycles. The summed E-state index contributed by atoms with van der Waals surface area (Å²) >= 11 is 0. The molecule has 1 amide bonds. The predicted octanol–water partition coefficient (Wildman–Crippen LogP) is 5.45. The van der Waals surface area contributed by atoms with Crippen LogP contribution < -0.4 is 0 Å². The van der Waals surface area contributed by atoms with Gasteiger partial charge in [0.2, 0.25) is 0 Å². The maximum absolute atomic E-state index is 13.5. The zero-order valence-corrected chi connectivity index (χ0v) is 18.1. The molecular formula is C25H21F3N4O. The molecule has 0 radical (unpaired) electrons. The number of halogens is 3. The van der Waals surface area contributed by atoms with Gasteiger partial charge in [0, 0.05) is 18.0 Å². The third-order valence-corrected chi connectivity index (χ3v) is 6.06. The Kier molecular flexibility index (Phi) is 4.88. The van der Waals surface area contributed by atoms with E-state index in [2.05, 4.69) is 0 Å². The number of hydrogen-bond donors (Lipinski definition) is 0. The van der Waals surface area contributed by atoms with E-state index in [0.29, 0.717) is 5.69 Å². The molecule has 2 aromatic heterocycles. The van der Waals surface area contributed by atoms with E-state index < -0.39 is 17.6 Å². The Bertz CT molecular complexity index is 1350. The molecule has 33 heavy (non-hydrogen) atoms. The van der Waals surface area contributed by atoms with Crippen LogP contribution in [0.25, 0.3) is 11.5 Å². The van der Waals surface area contributed by atoms with Crippen molar-refractivity contribution < 1.29 is 18.0 Å². The SMILES string of the molecule is Cc1ccc(-n2nc3c(c2-n2cccc2)CN(C(=O)c2ccccc2C(F)(F)F)C3)cc1C. The van der Waals surface area contributed by atoms with Crippen molar-refractivity contribution in [2.24, 2.45) is 0 Å². The summed E-state index contributed by atoms with van der Waals surface area (Å²) in [6.45, 7) is 4.40. The predicted molar refractivity (Wildman–Crippen MR) is 117 cm³/mol. The van der Waals surface area contributed by atoms with E-state index in [9.17, 15) is 18.0 Å². The Hall–Kier alpha value is -3.81. The number of fused-ring (bicyclic) bond motifs is 1. The number of carbonyl (C=O) groups excluding carboxylic acids is 1. The minimum atomic E-state index is -4.60. The molecule has 168 valence electrons. The number of aromatic nitrogens is 3. The third-order valence-electron chi connectivity index (χ3n) is 6.06. The van der Waals surface area contributed by atoms with E-state index in [4.69, 9.17) is 5.10 Å². The highest BCUT2D eigenvalue weighted by atomic mass is 19.4. The van der Waals surface area contributed by atoms with Gasteiger partial charge in [-0.3, -0.25) is 4.79 Å². The number of benzene rings is 2. The average Bonchev–Trinajstić information content (AvgIpc) is 3.50. The van der Waals surface area contributed by atoms with Gasteiger partial charge in [-0.1, -0.05) is 18.2 Å². The lowest BCUT2D eigenvalue weighted by molar-refractivity contribution is -0.138. The molecular weight excluding hydrogens is 429 g/mol. The summed E-state index contributed by atoms with van der Waals surface area (Å²) in [5, 5.41) is 4.76. The maximum Gasteiger partial charge on any atom is 0.417 e. The van der Waals surface area contributed by atoms with Crippen LogP contribution in [0.3, 0.4) is 0 Å². The molecule has 5 rings (SSSR count). The van der Waals surface area contributed by atoms with Crippen molar-refractivity contribution in [1.82, 2.24) is 19.2 Å². The lowest BCUT2D eigenvalue weighted by atomic mass is 10.1. The highest BCUT2D eigenvalue weighted by Gasteiger charge is 2.38. The number of alkyl halides is 3. The first kappa shape index (κ1) is 21.1. The number of aryl methyl sites for hydroxylation is 2. The Morgan fingerprint density at radius 3 is 2.36 bits per heavy atom. The Morgan fingerprint density at radius 2 is 1.67 bits per heavy atom. The van der Waals surface area contributed by atoms with Gasteiger partial charge in [0.25, 0.3) is 5.91 Å². The van der Waals surface area contributed by atoms with E-state index >= 15 is 0 Å². The molecule has 8 heteroatoms.